The maximum atomic E-state index is 14.0. The second-order valence-corrected chi connectivity index (χ2v) is 7.09. The molecular formula is C22H29FIN3O2. The molecule has 0 fully saturated rings. The van der Waals surface area contributed by atoms with Crippen LogP contribution in [-0.4, -0.2) is 25.2 Å². The molecule has 0 aliphatic heterocycles. The van der Waals surface area contributed by atoms with Gasteiger partial charge in [0.25, 0.3) is 0 Å². The Balaban J connectivity index is 0.00000300. The van der Waals surface area contributed by atoms with E-state index in [-0.39, 0.29) is 35.8 Å². The molecule has 2 aromatic carbocycles. The van der Waals surface area contributed by atoms with Crippen molar-refractivity contribution in [2.45, 2.75) is 45.2 Å². The predicted octanol–water partition coefficient (Wildman–Crippen LogP) is 4.46. The zero-order valence-corrected chi connectivity index (χ0v) is 19.4. The monoisotopic (exact) mass is 513 g/mol. The first-order valence-electron chi connectivity index (χ1n) is 9.66. The van der Waals surface area contributed by atoms with E-state index in [0.29, 0.717) is 18.3 Å². The summed E-state index contributed by atoms with van der Waals surface area (Å²) in [5.41, 5.74) is 4.30. The first-order chi connectivity index (χ1) is 13.5. The summed E-state index contributed by atoms with van der Waals surface area (Å²) in [7, 11) is 3.14. The maximum Gasteiger partial charge on any atom is 0.191 e. The Morgan fingerprint density at radius 2 is 2.00 bits per heavy atom. The highest BCUT2D eigenvalue weighted by molar-refractivity contribution is 14.0. The van der Waals surface area contributed by atoms with Gasteiger partial charge in [0.05, 0.1) is 13.2 Å². The Morgan fingerprint density at radius 3 is 2.69 bits per heavy atom. The van der Waals surface area contributed by atoms with Crippen LogP contribution in [0.2, 0.25) is 0 Å². The molecule has 0 spiro atoms. The fourth-order valence-corrected chi connectivity index (χ4v) is 3.70. The van der Waals surface area contributed by atoms with E-state index in [0.717, 1.165) is 30.4 Å². The quantitative estimate of drug-likeness (QED) is 0.314. The van der Waals surface area contributed by atoms with Crippen LogP contribution in [0.15, 0.2) is 35.3 Å². The summed E-state index contributed by atoms with van der Waals surface area (Å²) in [5, 5.41) is 16.9. The number of phenols is 1. The number of methoxy groups -OCH3 is 1. The molecule has 0 bridgehead atoms. The van der Waals surface area contributed by atoms with Crippen molar-refractivity contribution in [3.05, 3.63) is 58.4 Å². The van der Waals surface area contributed by atoms with Crippen LogP contribution >= 0.6 is 24.0 Å². The van der Waals surface area contributed by atoms with Gasteiger partial charge in [0.1, 0.15) is 5.75 Å². The van der Waals surface area contributed by atoms with E-state index in [9.17, 15) is 9.50 Å². The van der Waals surface area contributed by atoms with Crippen LogP contribution in [-0.2, 0) is 19.4 Å². The summed E-state index contributed by atoms with van der Waals surface area (Å²) in [6.07, 6.45) is 4.41. The molecule has 158 valence electrons. The number of aromatic hydroxyl groups is 1. The Labute approximate surface area is 188 Å². The SMILES string of the molecule is CN=C(NCc1c(O)ccc2c1CCCC2)NC(C)c1ccc(OC)c(F)c1.I. The Bertz CT molecular complexity index is 873. The molecule has 2 aromatic rings. The van der Waals surface area contributed by atoms with Gasteiger partial charge in [0, 0.05) is 19.2 Å². The summed E-state index contributed by atoms with van der Waals surface area (Å²) in [5.74, 6) is 0.741. The van der Waals surface area contributed by atoms with Crippen molar-refractivity contribution >= 4 is 29.9 Å². The summed E-state index contributed by atoms with van der Waals surface area (Å²) in [4.78, 5) is 4.26. The van der Waals surface area contributed by atoms with Crippen LogP contribution in [0.4, 0.5) is 4.39 Å². The average molecular weight is 513 g/mol. The smallest absolute Gasteiger partial charge is 0.191 e. The number of hydrogen-bond donors (Lipinski definition) is 3. The minimum atomic E-state index is -0.391. The number of phenolic OH excluding ortho intramolecular Hbond substituents is 1. The molecule has 29 heavy (non-hydrogen) atoms. The number of aliphatic imine (C=N–C) groups is 1. The summed E-state index contributed by atoms with van der Waals surface area (Å²) in [6.45, 7) is 2.42. The van der Waals surface area contributed by atoms with Crippen molar-refractivity contribution in [3.63, 3.8) is 0 Å². The maximum absolute atomic E-state index is 14.0. The third-order valence-corrected chi connectivity index (χ3v) is 5.31. The molecule has 3 rings (SSSR count). The van der Waals surface area contributed by atoms with Crippen LogP contribution in [0.5, 0.6) is 11.5 Å². The van der Waals surface area contributed by atoms with Gasteiger partial charge in [-0.05, 0) is 67.5 Å². The number of rotatable bonds is 5. The van der Waals surface area contributed by atoms with Gasteiger partial charge in [0.2, 0.25) is 0 Å². The van der Waals surface area contributed by atoms with E-state index >= 15 is 0 Å². The molecule has 1 aliphatic rings. The van der Waals surface area contributed by atoms with Crippen LogP contribution in [0.3, 0.4) is 0 Å². The number of halogens is 2. The highest BCUT2D eigenvalue weighted by Gasteiger charge is 2.17. The second kappa shape index (κ2) is 10.7. The van der Waals surface area contributed by atoms with E-state index < -0.39 is 5.82 Å². The zero-order chi connectivity index (χ0) is 20.1. The van der Waals surface area contributed by atoms with Crippen LogP contribution in [0.25, 0.3) is 0 Å². The Morgan fingerprint density at radius 1 is 1.24 bits per heavy atom. The number of guanidine groups is 1. The van der Waals surface area contributed by atoms with E-state index in [1.165, 1.54) is 30.7 Å². The van der Waals surface area contributed by atoms with Crippen LogP contribution in [0, 0.1) is 5.82 Å². The third kappa shape index (κ3) is 5.52. The van der Waals surface area contributed by atoms with Gasteiger partial charge in [-0.2, -0.15) is 0 Å². The summed E-state index contributed by atoms with van der Waals surface area (Å²) in [6, 6.07) is 8.56. The second-order valence-electron chi connectivity index (χ2n) is 7.09. The van der Waals surface area contributed by atoms with Gasteiger partial charge in [-0.1, -0.05) is 12.1 Å². The third-order valence-electron chi connectivity index (χ3n) is 5.31. The van der Waals surface area contributed by atoms with Crippen molar-refractivity contribution < 1.29 is 14.2 Å². The molecule has 0 heterocycles. The highest BCUT2D eigenvalue weighted by Crippen LogP contribution is 2.30. The molecule has 0 radical (unpaired) electrons. The number of ether oxygens (including phenoxy) is 1. The number of nitrogens with zero attached hydrogens (tertiary/aromatic N) is 1. The fraction of sp³-hybridized carbons (Fsp3) is 0.409. The molecule has 1 atom stereocenters. The van der Waals surface area contributed by atoms with E-state index in [2.05, 4.69) is 15.6 Å². The standard InChI is InChI=1S/C22H28FN3O2.HI/c1-14(16-9-11-21(28-3)19(23)12-16)26-22(24-2)25-13-18-17-7-5-4-6-15(17)8-10-20(18)27;/h8-12,14,27H,4-7,13H2,1-3H3,(H2,24,25,26);1H. The highest BCUT2D eigenvalue weighted by atomic mass is 127. The van der Waals surface area contributed by atoms with Gasteiger partial charge in [-0.15, -0.1) is 24.0 Å². The molecule has 0 amide bonds. The lowest BCUT2D eigenvalue weighted by atomic mass is 9.88. The van der Waals surface area contributed by atoms with E-state index in [1.54, 1.807) is 19.2 Å². The van der Waals surface area contributed by atoms with Crippen LogP contribution < -0.4 is 15.4 Å². The van der Waals surface area contributed by atoms with Crippen molar-refractivity contribution in [3.8, 4) is 11.5 Å². The number of fused-ring (bicyclic) bond motifs is 1. The molecule has 7 heteroatoms. The van der Waals surface area contributed by atoms with Gasteiger partial charge < -0.3 is 20.5 Å². The van der Waals surface area contributed by atoms with Crippen molar-refractivity contribution in [2.24, 2.45) is 4.99 Å². The molecule has 0 saturated heterocycles. The molecule has 0 saturated carbocycles. The first-order valence-corrected chi connectivity index (χ1v) is 9.66. The van der Waals surface area contributed by atoms with Gasteiger partial charge >= 0.3 is 0 Å². The van der Waals surface area contributed by atoms with E-state index in [4.69, 9.17) is 4.74 Å². The molecule has 0 aromatic heterocycles. The molecule has 3 N–H and O–H groups in total. The van der Waals surface area contributed by atoms with E-state index in [1.807, 2.05) is 19.1 Å². The lowest BCUT2D eigenvalue weighted by Gasteiger charge is -2.22. The molecule has 5 nitrogen and oxygen atoms in total. The van der Waals surface area contributed by atoms with Gasteiger partial charge in [-0.3, -0.25) is 4.99 Å². The molecular weight excluding hydrogens is 484 g/mol. The normalized spacial score (nSPS) is 14.4. The molecule has 1 aliphatic carbocycles. The van der Waals surface area contributed by atoms with Gasteiger partial charge in [0.15, 0.2) is 17.5 Å². The Hall–Kier alpha value is -2.03. The Kier molecular flexibility index (Phi) is 8.55. The minimum absolute atomic E-state index is 0. The van der Waals surface area contributed by atoms with Crippen molar-refractivity contribution in [2.75, 3.05) is 14.2 Å². The summed E-state index contributed by atoms with van der Waals surface area (Å²) < 4.78 is 18.9. The number of benzene rings is 2. The minimum Gasteiger partial charge on any atom is -0.508 e. The fourth-order valence-electron chi connectivity index (χ4n) is 3.70. The van der Waals surface area contributed by atoms with Crippen molar-refractivity contribution in [1.29, 1.82) is 0 Å². The van der Waals surface area contributed by atoms with Crippen LogP contribution in [0.1, 0.15) is 48.1 Å². The number of hydrogen-bond acceptors (Lipinski definition) is 3. The molecule has 1 unspecified atom stereocenters. The first kappa shape index (κ1) is 23.3. The summed E-state index contributed by atoms with van der Waals surface area (Å²) >= 11 is 0. The number of aryl methyl sites for hydroxylation is 1. The average Bonchev–Trinajstić information content (AvgIpc) is 2.71. The zero-order valence-electron chi connectivity index (χ0n) is 17.1. The van der Waals surface area contributed by atoms with Gasteiger partial charge in [-0.25, -0.2) is 4.39 Å². The van der Waals surface area contributed by atoms with Crippen molar-refractivity contribution in [1.82, 2.24) is 10.6 Å². The lowest BCUT2D eigenvalue weighted by Crippen LogP contribution is -2.38. The lowest BCUT2D eigenvalue weighted by molar-refractivity contribution is 0.386. The largest absolute Gasteiger partial charge is 0.508 e. The predicted molar refractivity (Wildman–Crippen MR) is 125 cm³/mol. The number of nitrogens with one attached hydrogen (secondary N) is 2. The topological polar surface area (TPSA) is 65.9 Å².